The fourth-order valence-electron chi connectivity index (χ4n) is 3.02. The predicted octanol–water partition coefficient (Wildman–Crippen LogP) is 2.44. The van der Waals surface area contributed by atoms with Crippen molar-refractivity contribution in [3.8, 4) is 0 Å². The van der Waals surface area contributed by atoms with E-state index in [4.69, 9.17) is 4.74 Å². The quantitative estimate of drug-likeness (QED) is 0.454. The Morgan fingerprint density at radius 1 is 1.21 bits per heavy atom. The minimum absolute atomic E-state index is 0.00150. The SMILES string of the molecule is Cc1ccc(N2C[C@@H](C(=O)OCC(=O)Nc3ccccc3[N+](=O)[O-])CC2=O)cc1. The molecule has 0 aliphatic carbocycles. The molecule has 3 rings (SSSR count). The number of anilines is 2. The van der Waals surface area contributed by atoms with Crippen molar-refractivity contribution in [3.05, 3.63) is 64.2 Å². The highest BCUT2D eigenvalue weighted by atomic mass is 16.6. The number of hydrogen-bond acceptors (Lipinski definition) is 6. The summed E-state index contributed by atoms with van der Waals surface area (Å²) in [7, 11) is 0. The molecule has 150 valence electrons. The number of aryl methyl sites for hydroxylation is 1. The lowest BCUT2D eigenvalue weighted by atomic mass is 10.1. The average Bonchev–Trinajstić information content (AvgIpc) is 3.09. The van der Waals surface area contributed by atoms with Gasteiger partial charge in [0.25, 0.3) is 11.6 Å². The van der Waals surface area contributed by atoms with Crippen LogP contribution in [-0.4, -0.2) is 35.9 Å². The molecule has 2 aromatic rings. The highest BCUT2D eigenvalue weighted by Gasteiger charge is 2.36. The monoisotopic (exact) mass is 397 g/mol. The Bertz CT molecular complexity index is 957. The summed E-state index contributed by atoms with van der Waals surface area (Å²) in [5.74, 6) is -2.24. The lowest BCUT2D eigenvalue weighted by Crippen LogP contribution is -2.28. The van der Waals surface area contributed by atoms with E-state index in [1.807, 2.05) is 19.1 Å². The molecular weight excluding hydrogens is 378 g/mol. The second-order valence-corrected chi connectivity index (χ2v) is 6.67. The molecule has 0 aromatic heterocycles. The maximum Gasteiger partial charge on any atom is 0.311 e. The smallest absolute Gasteiger partial charge is 0.311 e. The summed E-state index contributed by atoms with van der Waals surface area (Å²) in [5.41, 5.74) is 1.51. The minimum atomic E-state index is -0.702. The van der Waals surface area contributed by atoms with Crippen LogP contribution in [0.3, 0.4) is 0 Å². The third-order valence-electron chi connectivity index (χ3n) is 4.52. The van der Waals surface area contributed by atoms with Gasteiger partial charge in [-0.15, -0.1) is 0 Å². The molecule has 1 heterocycles. The van der Waals surface area contributed by atoms with Crippen molar-refractivity contribution in [1.29, 1.82) is 0 Å². The molecule has 9 nitrogen and oxygen atoms in total. The van der Waals surface area contributed by atoms with Crippen LogP contribution in [0.1, 0.15) is 12.0 Å². The molecule has 2 amide bonds. The van der Waals surface area contributed by atoms with Crippen molar-refractivity contribution in [1.82, 2.24) is 0 Å². The molecule has 2 aromatic carbocycles. The fourth-order valence-corrected chi connectivity index (χ4v) is 3.02. The third-order valence-corrected chi connectivity index (χ3v) is 4.52. The number of para-hydroxylation sites is 2. The summed E-state index contributed by atoms with van der Waals surface area (Å²) in [6.07, 6.45) is -0.00150. The van der Waals surface area contributed by atoms with Crippen molar-refractivity contribution >= 4 is 34.8 Å². The van der Waals surface area contributed by atoms with Gasteiger partial charge in [-0.25, -0.2) is 0 Å². The molecule has 0 bridgehead atoms. The van der Waals surface area contributed by atoms with E-state index >= 15 is 0 Å². The van der Waals surface area contributed by atoms with Crippen LogP contribution in [0.25, 0.3) is 0 Å². The Labute approximate surface area is 166 Å². The molecule has 9 heteroatoms. The molecule has 1 saturated heterocycles. The number of esters is 1. The molecule has 1 aliphatic heterocycles. The van der Waals surface area contributed by atoms with Gasteiger partial charge in [0.05, 0.1) is 10.8 Å². The van der Waals surface area contributed by atoms with E-state index in [0.29, 0.717) is 5.69 Å². The van der Waals surface area contributed by atoms with Crippen LogP contribution < -0.4 is 10.2 Å². The molecule has 0 radical (unpaired) electrons. The third kappa shape index (κ3) is 4.75. The zero-order chi connectivity index (χ0) is 21.0. The summed E-state index contributed by atoms with van der Waals surface area (Å²) < 4.78 is 5.01. The van der Waals surface area contributed by atoms with Crippen molar-refractivity contribution < 1.29 is 24.0 Å². The fraction of sp³-hybridized carbons (Fsp3) is 0.250. The van der Waals surface area contributed by atoms with Crippen molar-refractivity contribution in [2.24, 2.45) is 5.92 Å². The Balaban J connectivity index is 1.54. The number of nitrogens with zero attached hydrogens (tertiary/aromatic N) is 2. The van der Waals surface area contributed by atoms with Gasteiger partial charge in [0.2, 0.25) is 5.91 Å². The first kappa shape index (κ1) is 20.0. The Morgan fingerprint density at radius 2 is 1.90 bits per heavy atom. The maximum absolute atomic E-state index is 12.3. The van der Waals surface area contributed by atoms with Crippen LogP contribution in [-0.2, 0) is 19.1 Å². The minimum Gasteiger partial charge on any atom is -0.455 e. The van der Waals surface area contributed by atoms with Gasteiger partial charge in [-0.1, -0.05) is 29.8 Å². The van der Waals surface area contributed by atoms with E-state index in [1.165, 1.54) is 23.1 Å². The van der Waals surface area contributed by atoms with Gasteiger partial charge in [-0.3, -0.25) is 24.5 Å². The molecule has 1 fully saturated rings. The Morgan fingerprint density at radius 3 is 2.59 bits per heavy atom. The first-order chi connectivity index (χ1) is 13.8. The number of rotatable bonds is 6. The largest absolute Gasteiger partial charge is 0.455 e. The topological polar surface area (TPSA) is 119 Å². The molecule has 1 atom stereocenters. The normalized spacial score (nSPS) is 15.8. The van der Waals surface area contributed by atoms with Crippen LogP contribution in [0.2, 0.25) is 0 Å². The average molecular weight is 397 g/mol. The molecule has 29 heavy (non-hydrogen) atoms. The molecule has 1 aliphatic rings. The maximum atomic E-state index is 12.3. The Kier molecular flexibility index (Phi) is 5.87. The molecule has 0 saturated carbocycles. The van der Waals surface area contributed by atoms with Crippen LogP contribution in [0.4, 0.5) is 17.1 Å². The zero-order valence-electron chi connectivity index (χ0n) is 15.7. The summed E-state index contributed by atoms with van der Waals surface area (Å²) >= 11 is 0. The van der Waals surface area contributed by atoms with Gasteiger partial charge in [0.15, 0.2) is 6.61 Å². The van der Waals surface area contributed by atoms with E-state index < -0.39 is 29.3 Å². The highest BCUT2D eigenvalue weighted by Crippen LogP contribution is 2.26. The summed E-state index contributed by atoms with van der Waals surface area (Å²) in [5, 5.41) is 13.3. The molecule has 0 spiro atoms. The number of benzene rings is 2. The molecular formula is C20H19N3O6. The van der Waals surface area contributed by atoms with Crippen molar-refractivity contribution in [3.63, 3.8) is 0 Å². The number of hydrogen-bond donors (Lipinski definition) is 1. The van der Waals surface area contributed by atoms with Crippen LogP contribution >= 0.6 is 0 Å². The lowest BCUT2D eigenvalue weighted by Gasteiger charge is -2.16. The molecule has 0 unspecified atom stereocenters. The summed E-state index contributed by atoms with van der Waals surface area (Å²) in [6.45, 7) is 1.51. The first-order valence-electron chi connectivity index (χ1n) is 8.92. The predicted molar refractivity (Wildman–Crippen MR) is 104 cm³/mol. The first-order valence-corrected chi connectivity index (χ1v) is 8.92. The van der Waals surface area contributed by atoms with E-state index in [9.17, 15) is 24.5 Å². The van der Waals surface area contributed by atoms with Gasteiger partial charge in [0, 0.05) is 24.7 Å². The Hall–Kier alpha value is -3.75. The van der Waals surface area contributed by atoms with Crippen LogP contribution in [0.15, 0.2) is 48.5 Å². The summed E-state index contributed by atoms with van der Waals surface area (Å²) in [4.78, 5) is 48.4. The number of nitrogens with one attached hydrogen (secondary N) is 1. The van der Waals surface area contributed by atoms with Crippen molar-refractivity contribution in [2.75, 3.05) is 23.4 Å². The van der Waals surface area contributed by atoms with Gasteiger partial charge < -0.3 is 15.0 Å². The van der Waals surface area contributed by atoms with Crippen molar-refractivity contribution in [2.45, 2.75) is 13.3 Å². The van der Waals surface area contributed by atoms with Gasteiger partial charge in [-0.05, 0) is 25.1 Å². The molecule has 1 N–H and O–H groups in total. The van der Waals surface area contributed by atoms with Gasteiger partial charge in [0.1, 0.15) is 5.69 Å². The number of carbonyl (C=O) groups is 3. The zero-order valence-corrected chi connectivity index (χ0v) is 15.7. The number of carbonyl (C=O) groups excluding carboxylic acids is 3. The van der Waals surface area contributed by atoms with E-state index in [0.717, 1.165) is 5.56 Å². The van der Waals surface area contributed by atoms with Crippen LogP contribution in [0.5, 0.6) is 0 Å². The number of ether oxygens (including phenoxy) is 1. The number of amides is 2. The van der Waals surface area contributed by atoms with Gasteiger partial charge in [-0.2, -0.15) is 0 Å². The van der Waals surface area contributed by atoms with Gasteiger partial charge >= 0.3 is 5.97 Å². The summed E-state index contributed by atoms with van der Waals surface area (Å²) in [6, 6.07) is 13.0. The standard InChI is InChI=1S/C20H19N3O6/c1-13-6-8-15(9-7-13)22-11-14(10-19(22)25)20(26)29-12-18(24)21-16-4-2-3-5-17(16)23(27)28/h2-9,14H,10-12H2,1H3,(H,21,24)/t14-/m0/s1. The van der Waals surface area contributed by atoms with Crippen LogP contribution in [0, 0.1) is 23.0 Å². The number of nitro groups is 1. The second kappa shape index (κ2) is 8.51. The lowest BCUT2D eigenvalue weighted by molar-refractivity contribution is -0.383. The van der Waals surface area contributed by atoms with E-state index in [2.05, 4.69) is 5.32 Å². The second-order valence-electron chi connectivity index (χ2n) is 6.67. The number of nitro benzene ring substituents is 1. The van der Waals surface area contributed by atoms with E-state index in [-0.39, 0.29) is 30.2 Å². The highest BCUT2D eigenvalue weighted by molar-refractivity contribution is 6.00. The van der Waals surface area contributed by atoms with E-state index in [1.54, 1.807) is 18.2 Å².